The van der Waals surface area contributed by atoms with E-state index < -0.39 is 0 Å². The molecule has 0 N–H and O–H groups in total. The third-order valence-electron chi connectivity index (χ3n) is 1.36. The maximum Gasteiger partial charge on any atom is 0.169 e. The van der Waals surface area contributed by atoms with Crippen molar-refractivity contribution in [3.8, 4) is 0 Å². The topological polar surface area (TPSA) is 29.4 Å². The van der Waals surface area contributed by atoms with Crippen molar-refractivity contribution in [1.29, 1.82) is 0 Å². The van der Waals surface area contributed by atoms with E-state index in [2.05, 4.69) is 4.99 Å². The first-order chi connectivity index (χ1) is 4.74. The van der Waals surface area contributed by atoms with Gasteiger partial charge in [-0.25, -0.2) is 0 Å². The Kier molecular flexibility index (Phi) is 2.22. The number of hydrogen-bond acceptors (Lipinski definition) is 2. The van der Waals surface area contributed by atoms with Crippen molar-refractivity contribution in [3.05, 3.63) is 10.7 Å². The van der Waals surface area contributed by atoms with Gasteiger partial charge in [0.1, 0.15) is 5.70 Å². The highest BCUT2D eigenvalue weighted by Gasteiger charge is 2.11. The van der Waals surface area contributed by atoms with Crippen LogP contribution in [0.4, 0.5) is 0 Å². The number of aliphatic imine (C=N–C) groups is 1. The first-order valence-electron chi connectivity index (χ1n) is 3.12. The Bertz CT molecular complexity index is 208. The van der Waals surface area contributed by atoms with Crippen LogP contribution in [0.15, 0.2) is 15.7 Å². The van der Waals surface area contributed by atoms with E-state index in [-0.39, 0.29) is 0 Å². The van der Waals surface area contributed by atoms with Gasteiger partial charge in [-0.2, -0.15) is 0 Å². The zero-order chi connectivity index (χ0) is 7.56. The molecule has 1 aliphatic heterocycles. The highest BCUT2D eigenvalue weighted by molar-refractivity contribution is 6.31. The van der Waals surface area contributed by atoms with Gasteiger partial charge in [0.05, 0.1) is 0 Å². The molecule has 1 unspecified atom stereocenters. The summed E-state index contributed by atoms with van der Waals surface area (Å²) in [6.45, 7) is 2.01. The van der Waals surface area contributed by atoms with Gasteiger partial charge in [-0.1, -0.05) is 18.5 Å². The number of carbonyl (C=O) groups excluding carboxylic acids is 1. The van der Waals surface area contributed by atoms with E-state index in [0.29, 0.717) is 22.9 Å². The highest BCUT2D eigenvalue weighted by Crippen LogP contribution is 2.22. The monoisotopic (exact) mass is 157 g/mol. The minimum atomic E-state index is 0.358. The predicted octanol–water partition coefficient (Wildman–Crippen LogP) is 1.75. The second-order valence-electron chi connectivity index (χ2n) is 2.37. The lowest BCUT2D eigenvalue weighted by Gasteiger charge is -2.09. The molecular formula is C7H8ClNO. The van der Waals surface area contributed by atoms with Crippen LogP contribution in [0.25, 0.3) is 0 Å². The molecule has 0 spiro atoms. The van der Waals surface area contributed by atoms with Crippen molar-refractivity contribution < 1.29 is 4.79 Å². The molecule has 0 amide bonds. The molecule has 0 fully saturated rings. The molecule has 0 bridgehead atoms. The Morgan fingerprint density at radius 3 is 3.10 bits per heavy atom. The normalized spacial score (nSPS) is 25.2. The van der Waals surface area contributed by atoms with Crippen LogP contribution in [-0.4, -0.2) is 12.5 Å². The minimum absolute atomic E-state index is 0.358. The Labute approximate surface area is 64.6 Å². The molecule has 1 rings (SSSR count). The van der Waals surface area contributed by atoms with Crippen LogP contribution in [-0.2, 0) is 4.79 Å². The van der Waals surface area contributed by atoms with E-state index >= 15 is 0 Å². The van der Waals surface area contributed by atoms with Crippen molar-refractivity contribution in [3.63, 3.8) is 0 Å². The molecule has 1 aliphatic rings. The number of carbonyl (C=O) groups is 1. The SMILES string of the molecule is CC1C=NC(C=O)=C(Cl)C1. The van der Waals surface area contributed by atoms with Gasteiger partial charge in [0, 0.05) is 11.2 Å². The van der Waals surface area contributed by atoms with Crippen molar-refractivity contribution >= 4 is 24.1 Å². The first kappa shape index (κ1) is 7.48. The molecule has 0 aromatic heterocycles. The number of allylic oxidation sites excluding steroid dienone is 2. The molecule has 0 saturated heterocycles. The lowest BCUT2D eigenvalue weighted by molar-refractivity contribution is -0.105. The van der Waals surface area contributed by atoms with Crippen LogP contribution >= 0.6 is 11.6 Å². The molecule has 0 aliphatic carbocycles. The summed E-state index contributed by atoms with van der Waals surface area (Å²) in [4.78, 5) is 14.1. The van der Waals surface area contributed by atoms with Crippen LogP contribution in [0.5, 0.6) is 0 Å². The Morgan fingerprint density at radius 2 is 2.60 bits per heavy atom. The first-order valence-corrected chi connectivity index (χ1v) is 3.50. The Hall–Kier alpha value is -0.630. The van der Waals surface area contributed by atoms with Crippen LogP contribution in [0.2, 0.25) is 0 Å². The Morgan fingerprint density at radius 1 is 1.90 bits per heavy atom. The van der Waals surface area contributed by atoms with Gasteiger partial charge in [0.15, 0.2) is 6.29 Å². The summed E-state index contributed by atoms with van der Waals surface area (Å²) in [5, 5.41) is 0.574. The average molecular weight is 158 g/mol. The third-order valence-corrected chi connectivity index (χ3v) is 1.71. The molecule has 10 heavy (non-hydrogen) atoms. The minimum Gasteiger partial charge on any atom is -0.296 e. The van der Waals surface area contributed by atoms with E-state index in [0.717, 1.165) is 6.42 Å². The molecule has 0 aromatic carbocycles. The largest absolute Gasteiger partial charge is 0.296 e. The number of hydrogen-bond donors (Lipinski definition) is 0. The van der Waals surface area contributed by atoms with Gasteiger partial charge >= 0.3 is 0 Å². The summed E-state index contributed by atoms with van der Waals surface area (Å²) < 4.78 is 0. The lowest BCUT2D eigenvalue weighted by atomic mass is 10.1. The quantitative estimate of drug-likeness (QED) is 0.534. The molecule has 1 heterocycles. The van der Waals surface area contributed by atoms with Gasteiger partial charge in [0.25, 0.3) is 0 Å². The van der Waals surface area contributed by atoms with E-state index in [1.165, 1.54) is 0 Å². The van der Waals surface area contributed by atoms with Gasteiger partial charge in [-0.05, 0) is 12.3 Å². The van der Waals surface area contributed by atoms with E-state index in [1.807, 2.05) is 6.92 Å². The van der Waals surface area contributed by atoms with Crippen molar-refractivity contribution in [2.75, 3.05) is 0 Å². The van der Waals surface area contributed by atoms with E-state index in [1.54, 1.807) is 6.21 Å². The fourth-order valence-electron chi connectivity index (χ4n) is 0.812. The number of aldehydes is 1. The van der Waals surface area contributed by atoms with E-state index in [9.17, 15) is 4.79 Å². The maximum atomic E-state index is 10.2. The van der Waals surface area contributed by atoms with Crippen LogP contribution in [0.3, 0.4) is 0 Å². The van der Waals surface area contributed by atoms with Gasteiger partial charge < -0.3 is 0 Å². The molecule has 54 valence electrons. The smallest absolute Gasteiger partial charge is 0.169 e. The fourth-order valence-corrected chi connectivity index (χ4v) is 1.15. The molecule has 0 saturated carbocycles. The fraction of sp³-hybridized carbons (Fsp3) is 0.429. The highest BCUT2D eigenvalue weighted by atomic mass is 35.5. The van der Waals surface area contributed by atoms with Crippen LogP contribution < -0.4 is 0 Å². The zero-order valence-corrected chi connectivity index (χ0v) is 6.43. The second-order valence-corrected chi connectivity index (χ2v) is 2.82. The molecule has 0 radical (unpaired) electrons. The Balaban J connectivity index is 2.82. The predicted molar refractivity (Wildman–Crippen MR) is 41.2 cm³/mol. The molecule has 1 atom stereocenters. The summed E-state index contributed by atoms with van der Waals surface area (Å²) in [6.07, 6.45) is 3.17. The van der Waals surface area contributed by atoms with Crippen molar-refractivity contribution in [2.24, 2.45) is 10.9 Å². The maximum absolute atomic E-state index is 10.2. The van der Waals surface area contributed by atoms with Crippen molar-refractivity contribution in [1.82, 2.24) is 0 Å². The number of nitrogens with zero attached hydrogens (tertiary/aromatic N) is 1. The van der Waals surface area contributed by atoms with Gasteiger partial charge in [0.2, 0.25) is 0 Å². The molecular weight excluding hydrogens is 150 g/mol. The standard InChI is InChI=1S/C7H8ClNO/c1-5-2-6(8)7(4-10)9-3-5/h3-5H,2H2,1H3. The van der Waals surface area contributed by atoms with Gasteiger partial charge in [-0.15, -0.1) is 0 Å². The second kappa shape index (κ2) is 2.97. The van der Waals surface area contributed by atoms with Crippen molar-refractivity contribution in [2.45, 2.75) is 13.3 Å². The molecule has 0 aromatic rings. The van der Waals surface area contributed by atoms with Gasteiger partial charge in [-0.3, -0.25) is 9.79 Å². The molecule has 3 heteroatoms. The lowest BCUT2D eigenvalue weighted by Crippen LogP contribution is -2.03. The number of halogens is 1. The summed E-state index contributed by atoms with van der Waals surface area (Å²) in [5.41, 5.74) is 0.375. The summed E-state index contributed by atoms with van der Waals surface area (Å²) in [7, 11) is 0. The summed E-state index contributed by atoms with van der Waals surface area (Å²) in [6, 6.07) is 0. The number of rotatable bonds is 1. The molecule has 2 nitrogen and oxygen atoms in total. The summed E-state index contributed by atoms with van der Waals surface area (Å²) >= 11 is 5.71. The summed E-state index contributed by atoms with van der Waals surface area (Å²) in [5.74, 6) is 0.358. The average Bonchev–Trinajstić information content (AvgIpc) is 1.88. The van der Waals surface area contributed by atoms with Crippen LogP contribution in [0, 0.1) is 5.92 Å². The third kappa shape index (κ3) is 1.45. The van der Waals surface area contributed by atoms with Crippen LogP contribution in [0.1, 0.15) is 13.3 Å². The zero-order valence-electron chi connectivity index (χ0n) is 5.67. The van der Waals surface area contributed by atoms with E-state index in [4.69, 9.17) is 11.6 Å².